The van der Waals surface area contributed by atoms with Crippen LogP contribution in [0.1, 0.15) is 30.9 Å². The van der Waals surface area contributed by atoms with E-state index in [1.165, 1.54) is 6.08 Å². The minimum absolute atomic E-state index is 0.340. The molecule has 0 atom stereocenters. The number of amides is 1. The maximum absolute atomic E-state index is 11.9. The Morgan fingerprint density at radius 1 is 1.12 bits per heavy atom. The molecule has 0 saturated heterocycles. The van der Waals surface area contributed by atoms with E-state index in [1.54, 1.807) is 25.3 Å². The summed E-state index contributed by atoms with van der Waals surface area (Å²) in [6.07, 6.45) is 2.89. The first-order chi connectivity index (χ1) is 12.5. The first-order valence-corrected chi connectivity index (χ1v) is 8.36. The van der Waals surface area contributed by atoms with Crippen molar-refractivity contribution in [2.24, 2.45) is 0 Å². The number of ether oxygens (including phenoxy) is 2. The van der Waals surface area contributed by atoms with Crippen LogP contribution in [0.15, 0.2) is 54.6 Å². The number of hydrogen-bond acceptors (Lipinski definition) is 4. The molecule has 0 fully saturated rings. The van der Waals surface area contributed by atoms with Crippen molar-refractivity contribution in [1.29, 1.82) is 0 Å². The zero-order valence-electron chi connectivity index (χ0n) is 15.2. The lowest BCUT2D eigenvalue weighted by Gasteiger charge is -2.09. The number of nitrogens with one attached hydrogen (secondary N) is 1. The van der Waals surface area contributed by atoms with Gasteiger partial charge in [-0.2, -0.15) is 0 Å². The molecular formula is C21H23NO4. The van der Waals surface area contributed by atoms with Gasteiger partial charge in [-0.1, -0.05) is 38.1 Å². The Kier molecular flexibility index (Phi) is 6.97. The van der Waals surface area contributed by atoms with Gasteiger partial charge in [-0.15, -0.1) is 0 Å². The van der Waals surface area contributed by atoms with Crippen LogP contribution in [0, 0.1) is 0 Å². The number of carbonyl (C=O) groups excluding carboxylic acids is 2. The van der Waals surface area contributed by atoms with E-state index in [0.717, 1.165) is 11.1 Å². The van der Waals surface area contributed by atoms with Crippen molar-refractivity contribution >= 4 is 23.6 Å². The first kappa shape index (κ1) is 19.2. The van der Waals surface area contributed by atoms with Gasteiger partial charge in [0.15, 0.2) is 6.61 Å². The Labute approximate surface area is 153 Å². The van der Waals surface area contributed by atoms with Crippen molar-refractivity contribution in [2.75, 3.05) is 19.0 Å². The monoisotopic (exact) mass is 353 g/mol. The maximum atomic E-state index is 11.9. The highest BCUT2D eigenvalue weighted by Gasteiger charge is 2.07. The van der Waals surface area contributed by atoms with Crippen molar-refractivity contribution < 1.29 is 19.1 Å². The smallest absolute Gasteiger partial charge is 0.331 e. The second kappa shape index (κ2) is 9.42. The van der Waals surface area contributed by atoms with Crippen LogP contribution in [0.5, 0.6) is 5.75 Å². The molecule has 0 bridgehead atoms. The quantitative estimate of drug-likeness (QED) is 0.603. The Hall–Kier alpha value is -3.08. The zero-order chi connectivity index (χ0) is 18.9. The van der Waals surface area contributed by atoms with Crippen LogP contribution in [-0.2, 0) is 14.3 Å². The average molecular weight is 353 g/mol. The van der Waals surface area contributed by atoms with E-state index in [1.807, 2.05) is 36.4 Å². The molecule has 0 heterocycles. The van der Waals surface area contributed by atoms with Gasteiger partial charge >= 0.3 is 5.97 Å². The summed E-state index contributed by atoms with van der Waals surface area (Å²) in [5, 5.41) is 2.72. The molecule has 2 rings (SSSR count). The van der Waals surface area contributed by atoms with E-state index in [-0.39, 0.29) is 12.5 Å². The molecule has 0 saturated carbocycles. The Bertz CT molecular complexity index is 796. The van der Waals surface area contributed by atoms with Crippen LogP contribution in [0.3, 0.4) is 0 Å². The van der Waals surface area contributed by atoms with Gasteiger partial charge in [-0.3, -0.25) is 4.79 Å². The largest absolute Gasteiger partial charge is 0.497 e. The lowest BCUT2D eigenvalue weighted by atomic mass is 10.0. The van der Waals surface area contributed by atoms with E-state index in [4.69, 9.17) is 9.47 Å². The highest BCUT2D eigenvalue weighted by atomic mass is 16.5. The summed E-state index contributed by atoms with van der Waals surface area (Å²) in [4.78, 5) is 23.7. The summed E-state index contributed by atoms with van der Waals surface area (Å²) in [5.41, 5.74) is 2.61. The molecule has 0 aliphatic carbocycles. The third kappa shape index (κ3) is 6.09. The predicted molar refractivity (Wildman–Crippen MR) is 102 cm³/mol. The number of methoxy groups -OCH3 is 1. The highest BCUT2D eigenvalue weighted by molar-refractivity contribution is 5.94. The molecule has 2 aromatic rings. The average Bonchev–Trinajstić information content (AvgIpc) is 2.65. The van der Waals surface area contributed by atoms with Crippen molar-refractivity contribution in [3.8, 4) is 5.75 Å². The maximum Gasteiger partial charge on any atom is 0.331 e. The normalized spacial score (nSPS) is 10.8. The van der Waals surface area contributed by atoms with E-state index < -0.39 is 5.97 Å². The van der Waals surface area contributed by atoms with Crippen LogP contribution in [0.2, 0.25) is 0 Å². The summed E-state index contributed by atoms with van der Waals surface area (Å²) in [5.74, 6) is 0.0999. The minimum atomic E-state index is -0.584. The van der Waals surface area contributed by atoms with Gasteiger partial charge in [-0.25, -0.2) is 4.79 Å². The summed E-state index contributed by atoms with van der Waals surface area (Å²) in [7, 11) is 1.58. The van der Waals surface area contributed by atoms with Gasteiger partial charge in [0.2, 0.25) is 0 Å². The Morgan fingerprint density at radius 3 is 2.62 bits per heavy atom. The molecule has 1 N–H and O–H groups in total. The molecular weight excluding hydrogens is 330 g/mol. The molecule has 0 aromatic heterocycles. The topological polar surface area (TPSA) is 64.6 Å². The van der Waals surface area contributed by atoms with Crippen LogP contribution < -0.4 is 10.1 Å². The molecule has 5 nitrogen and oxygen atoms in total. The van der Waals surface area contributed by atoms with E-state index >= 15 is 0 Å². The van der Waals surface area contributed by atoms with Crippen molar-refractivity contribution in [3.63, 3.8) is 0 Å². The van der Waals surface area contributed by atoms with Crippen molar-refractivity contribution in [2.45, 2.75) is 19.8 Å². The lowest BCUT2D eigenvalue weighted by molar-refractivity contribution is -0.142. The van der Waals surface area contributed by atoms with E-state index in [2.05, 4.69) is 19.2 Å². The summed E-state index contributed by atoms with van der Waals surface area (Å²) in [6, 6.07) is 14.9. The van der Waals surface area contributed by atoms with Crippen LogP contribution in [0.25, 0.3) is 6.08 Å². The fourth-order valence-electron chi connectivity index (χ4n) is 2.27. The molecule has 26 heavy (non-hydrogen) atoms. The van der Waals surface area contributed by atoms with Gasteiger partial charge in [-0.05, 0) is 47.4 Å². The molecule has 2 aromatic carbocycles. The molecule has 0 unspecified atom stereocenters. The molecule has 136 valence electrons. The highest BCUT2D eigenvalue weighted by Crippen LogP contribution is 2.18. The van der Waals surface area contributed by atoms with Gasteiger partial charge < -0.3 is 14.8 Å². The fourth-order valence-corrected chi connectivity index (χ4v) is 2.27. The van der Waals surface area contributed by atoms with E-state index in [0.29, 0.717) is 17.4 Å². The first-order valence-electron chi connectivity index (χ1n) is 8.36. The van der Waals surface area contributed by atoms with Gasteiger partial charge in [0.25, 0.3) is 5.91 Å². The zero-order valence-corrected chi connectivity index (χ0v) is 15.2. The second-order valence-electron chi connectivity index (χ2n) is 6.05. The van der Waals surface area contributed by atoms with Crippen LogP contribution >= 0.6 is 0 Å². The van der Waals surface area contributed by atoms with Gasteiger partial charge in [0.1, 0.15) is 5.75 Å². The predicted octanol–water partition coefficient (Wildman–Crippen LogP) is 4.01. The van der Waals surface area contributed by atoms with Gasteiger partial charge in [0, 0.05) is 11.8 Å². The molecule has 5 heteroatoms. The van der Waals surface area contributed by atoms with Gasteiger partial charge in [0.05, 0.1) is 7.11 Å². The number of rotatable bonds is 7. The standard InChI is InChI=1S/C21H23NO4/c1-15(2)17-7-5-8-18(13-17)22-20(23)14-26-21(24)11-10-16-6-4-9-19(12-16)25-3/h4-13,15H,14H2,1-3H3,(H,22,23). The number of carbonyl (C=O) groups is 2. The molecule has 0 aliphatic rings. The number of hydrogen-bond donors (Lipinski definition) is 1. The third-order valence-corrected chi connectivity index (χ3v) is 3.69. The summed E-state index contributed by atoms with van der Waals surface area (Å²) >= 11 is 0. The minimum Gasteiger partial charge on any atom is -0.497 e. The number of anilines is 1. The van der Waals surface area contributed by atoms with Crippen molar-refractivity contribution in [1.82, 2.24) is 0 Å². The van der Waals surface area contributed by atoms with Crippen LogP contribution in [-0.4, -0.2) is 25.6 Å². The summed E-state index contributed by atoms with van der Waals surface area (Å²) in [6.45, 7) is 3.82. The Morgan fingerprint density at radius 2 is 1.88 bits per heavy atom. The number of esters is 1. The van der Waals surface area contributed by atoms with Crippen LogP contribution in [0.4, 0.5) is 5.69 Å². The fraction of sp³-hybridized carbons (Fsp3) is 0.238. The molecule has 0 radical (unpaired) electrons. The van der Waals surface area contributed by atoms with Crippen molar-refractivity contribution in [3.05, 3.63) is 65.7 Å². The third-order valence-electron chi connectivity index (χ3n) is 3.69. The second-order valence-corrected chi connectivity index (χ2v) is 6.05. The SMILES string of the molecule is COc1cccc(C=CC(=O)OCC(=O)Nc2cccc(C(C)C)c2)c1. The molecule has 1 amide bonds. The molecule has 0 spiro atoms. The lowest BCUT2D eigenvalue weighted by Crippen LogP contribution is -2.20. The van der Waals surface area contributed by atoms with E-state index in [9.17, 15) is 9.59 Å². The summed E-state index contributed by atoms with van der Waals surface area (Å²) < 4.78 is 10.1. The Balaban J connectivity index is 1.83. The molecule has 0 aliphatic heterocycles. The number of benzene rings is 2.